The fourth-order valence-electron chi connectivity index (χ4n) is 2.17. The first-order valence-corrected chi connectivity index (χ1v) is 8.13. The van der Waals surface area contributed by atoms with E-state index in [1.807, 2.05) is 22.9 Å². The summed E-state index contributed by atoms with van der Waals surface area (Å²) in [4.78, 5) is 20.5. The van der Waals surface area contributed by atoms with Gasteiger partial charge in [0.1, 0.15) is 17.9 Å². The summed E-state index contributed by atoms with van der Waals surface area (Å²) in [6.45, 7) is 2.08. The van der Waals surface area contributed by atoms with Crippen LogP contribution in [-0.2, 0) is 11.3 Å². The zero-order chi connectivity index (χ0) is 17.6. The van der Waals surface area contributed by atoms with Gasteiger partial charge in [0.2, 0.25) is 0 Å². The molecule has 0 aliphatic rings. The lowest BCUT2D eigenvalue weighted by Crippen LogP contribution is -2.35. The highest BCUT2D eigenvalue weighted by atomic mass is 35.5. The lowest BCUT2D eigenvalue weighted by Gasteiger charge is -2.14. The van der Waals surface area contributed by atoms with E-state index >= 15 is 0 Å². The molecule has 0 saturated carbocycles. The van der Waals surface area contributed by atoms with E-state index < -0.39 is 6.10 Å². The van der Waals surface area contributed by atoms with Crippen molar-refractivity contribution in [3.63, 3.8) is 0 Å². The van der Waals surface area contributed by atoms with Crippen LogP contribution in [0.25, 0.3) is 5.82 Å². The highest BCUT2D eigenvalue weighted by molar-refractivity contribution is 6.30. The summed E-state index contributed by atoms with van der Waals surface area (Å²) in [6.07, 6.45) is 6.30. The highest BCUT2D eigenvalue weighted by Crippen LogP contribution is 2.16. The van der Waals surface area contributed by atoms with Crippen molar-refractivity contribution >= 4 is 17.5 Å². The lowest BCUT2D eigenvalue weighted by atomic mass is 10.2. The largest absolute Gasteiger partial charge is 0.481 e. The van der Waals surface area contributed by atoms with E-state index in [9.17, 15) is 4.79 Å². The maximum atomic E-state index is 12.1. The molecule has 0 radical (unpaired) electrons. The summed E-state index contributed by atoms with van der Waals surface area (Å²) < 4.78 is 7.40. The van der Waals surface area contributed by atoms with E-state index in [-0.39, 0.29) is 5.91 Å². The zero-order valence-corrected chi connectivity index (χ0v) is 14.3. The van der Waals surface area contributed by atoms with Crippen molar-refractivity contribution in [1.29, 1.82) is 0 Å². The van der Waals surface area contributed by atoms with E-state index in [4.69, 9.17) is 16.3 Å². The van der Waals surface area contributed by atoms with Crippen molar-refractivity contribution in [3.8, 4) is 11.6 Å². The summed E-state index contributed by atoms with van der Waals surface area (Å²) >= 11 is 5.83. The summed E-state index contributed by atoms with van der Waals surface area (Å²) in [5.41, 5.74) is 0.899. The molecule has 1 aromatic carbocycles. The van der Waals surface area contributed by atoms with Gasteiger partial charge in [-0.05, 0) is 42.8 Å². The zero-order valence-electron chi connectivity index (χ0n) is 13.6. The molecule has 1 N–H and O–H groups in total. The van der Waals surface area contributed by atoms with E-state index in [0.29, 0.717) is 17.3 Å². The topological polar surface area (TPSA) is 69.0 Å². The van der Waals surface area contributed by atoms with Crippen LogP contribution in [0.1, 0.15) is 12.5 Å². The average Bonchev–Trinajstić information content (AvgIpc) is 3.16. The van der Waals surface area contributed by atoms with Gasteiger partial charge in [0.05, 0.1) is 0 Å². The Morgan fingerprint density at radius 3 is 2.72 bits per heavy atom. The Kier molecular flexibility index (Phi) is 5.30. The first-order chi connectivity index (χ1) is 12.1. The number of rotatable bonds is 6. The number of aromatic nitrogens is 3. The molecule has 3 rings (SSSR count). The molecule has 0 aliphatic heterocycles. The predicted molar refractivity (Wildman–Crippen MR) is 94.7 cm³/mol. The van der Waals surface area contributed by atoms with Crippen molar-refractivity contribution in [2.75, 3.05) is 0 Å². The second-order valence-corrected chi connectivity index (χ2v) is 5.86. The highest BCUT2D eigenvalue weighted by Gasteiger charge is 2.14. The molecule has 25 heavy (non-hydrogen) atoms. The normalized spacial score (nSPS) is 11.8. The number of nitrogens with one attached hydrogen (secondary N) is 1. The van der Waals surface area contributed by atoms with Crippen LogP contribution >= 0.6 is 11.6 Å². The molecule has 7 heteroatoms. The number of imidazole rings is 1. The first-order valence-electron chi connectivity index (χ1n) is 7.75. The van der Waals surface area contributed by atoms with E-state index in [0.717, 1.165) is 11.4 Å². The van der Waals surface area contributed by atoms with Gasteiger partial charge in [-0.25, -0.2) is 9.97 Å². The molecule has 0 bridgehead atoms. The molecule has 128 valence electrons. The predicted octanol–water partition coefficient (Wildman–Crippen LogP) is 3.00. The number of carbonyl (C=O) groups excluding carboxylic acids is 1. The molecule has 2 aromatic heterocycles. The smallest absolute Gasteiger partial charge is 0.261 e. The first kappa shape index (κ1) is 17.0. The van der Waals surface area contributed by atoms with Crippen LogP contribution in [0.15, 0.2) is 61.3 Å². The van der Waals surface area contributed by atoms with Gasteiger partial charge < -0.3 is 10.1 Å². The Morgan fingerprint density at radius 1 is 1.28 bits per heavy atom. The van der Waals surface area contributed by atoms with Crippen LogP contribution in [0.3, 0.4) is 0 Å². The molecule has 6 nitrogen and oxygen atoms in total. The molecule has 2 heterocycles. The number of amides is 1. The number of halogens is 1. The molecule has 1 amide bonds. The van der Waals surface area contributed by atoms with Crippen LogP contribution in [0, 0.1) is 0 Å². The lowest BCUT2D eigenvalue weighted by molar-refractivity contribution is -0.127. The maximum Gasteiger partial charge on any atom is 0.261 e. The average molecular weight is 357 g/mol. The van der Waals surface area contributed by atoms with Crippen LogP contribution < -0.4 is 10.1 Å². The number of hydrogen-bond donors (Lipinski definition) is 1. The molecular formula is C18H17ClN4O2. The van der Waals surface area contributed by atoms with Gasteiger partial charge in [0, 0.05) is 30.2 Å². The standard InChI is InChI=1S/C18H17ClN4O2/c1-13(25-16-5-3-15(19)4-6-16)18(24)22-11-14-2-7-17(21-10-14)23-9-8-20-12-23/h2-10,12-13H,11H2,1H3,(H,22,24). The number of pyridine rings is 1. The van der Waals surface area contributed by atoms with Gasteiger partial charge in [-0.3, -0.25) is 9.36 Å². The molecular weight excluding hydrogens is 340 g/mol. The second-order valence-electron chi connectivity index (χ2n) is 5.43. The third kappa shape index (κ3) is 4.58. The fourth-order valence-corrected chi connectivity index (χ4v) is 2.30. The number of carbonyl (C=O) groups is 1. The Labute approximate surface area is 150 Å². The molecule has 3 aromatic rings. The van der Waals surface area contributed by atoms with Gasteiger partial charge in [-0.1, -0.05) is 17.7 Å². The molecule has 1 unspecified atom stereocenters. The van der Waals surface area contributed by atoms with Gasteiger partial charge in [0.25, 0.3) is 5.91 Å². The molecule has 1 atom stereocenters. The van der Waals surface area contributed by atoms with Crippen molar-refractivity contribution in [2.45, 2.75) is 19.6 Å². The van der Waals surface area contributed by atoms with E-state index in [1.54, 1.807) is 49.9 Å². The van der Waals surface area contributed by atoms with Crippen LogP contribution in [0.2, 0.25) is 5.02 Å². The Hall–Kier alpha value is -2.86. The number of benzene rings is 1. The van der Waals surface area contributed by atoms with E-state index in [2.05, 4.69) is 15.3 Å². The fraction of sp³-hybridized carbons (Fsp3) is 0.167. The number of nitrogens with zero attached hydrogens (tertiary/aromatic N) is 3. The van der Waals surface area contributed by atoms with Crippen molar-refractivity contribution in [3.05, 3.63) is 71.9 Å². The number of hydrogen-bond acceptors (Lipinski definition) is 4. The van der Waals surface area contributed by atoms with Crippen molar-refractivity contribution < 1.29 is 9.53 Å². The van der Waals surface area contributed by atoms with Gasteiger partial charge in [0.15, 0.2) is 6.10 Å². The third-order valence-corrected chi connectivity index (χ3v) is 3.79. The van der Waals surface area contributed by atoms with Crippen LogP contribution in [0.4, 0.5) is 0 Å². The van der Waals surface area contributed by atoms with Gasteiger partial charge >= 0.3 is 0 Å². The SMILES string of the molecule is CC(Oc1ccc(Cl)cc1)C(=O)NCc1ccc(-n2ccnc2)nc1. The minimum absolute atomic E-state index is 0.200. The summed E-state index contributed by atoms with van der Waals surface area (Å²) in [5, 5.41) is 3.46. The van der Waals surface area contributed by atoms with Crippen molar-refractivity contribution in [1.82, 2.24) is 19.9 Å². The van der Waals surface area contributed by atoms with E-state index in [1.165, 1.54) is 0 Å². The number of ether oxygens (including phenoxy) is 1. The van der Waals surface area contributed by atoms with Crippen LogP contribution in [0.5, 0.6) is 5.75 Å². The summed E-state index contributed by atoms with van der Waals surface area (Å²) in [7, 11) is 0. The molecule has 0 spiro atoms. The Morgan fingerprint density at radius 2 is 2.08 bits per heavy atom. The third-order valence-electron chi connectivity index (χ3n) is 3.54. The molecule has 0 aliphatic carbocycles. The minimum atomic E-state index is -0.612. The quantitative estimate of drug-likeness (QED) is 0.737. The second kappa shape index (κ2) is 7.81. The maximum absolute atomic E-state index is 12.1. The molecule has 0 saturated heterocycles. The van der Waals surface area contributed by atoms with Crippen molar-refractivity contribution in [2.24, 2.45) is 0 Å². The van der Waals surface area contributed by atoms with Gasteiger partial charge in [-0.2, -0.15) is 0 Å². The minimum Gasteiger partial charge on any atom is -0.481 e. The Balaban J connectivity index is 1.52. The summed E-state index contributed by atoms with van der Waals surface area (Å²) in [6, 6.07) is 10.7. The van der Waals surface area contributed by atoms with Gasteiger partial charge in [-0.15, -0.1) is 0 Å². The monoisotopic (exact) mass is 356 g/mol. The Bertz CT molecular complexity index is 817. The summed E-state index contributed by atoms with van der Waals surface area (Å²) in [5.74, 6) is 1.17. The van der Waals surface area contributed by atoms with Crippen LogP contribution in [-0.4, -0.2) is 26.5 Å². The molecule has 0 fully saturated rings.